The van der Waals surface area contributed by atoms with Gasteiger partial charge in [0.25, 0.3) is 5.91 Å². The molecule has 3 aromatic carbocycles. The largest absolute Gasteiger partial charge is 0.496 e. The van der Waals surface area contributed by atoms with Gasteiger partial charge in [-0.3, -0.25) is 4.79 Å². The van der Waals surface area contributed by atoms with E-state index in [4.69, 9.17) is 16.3 Å². The van der Waals surface area contributed by atoms with Gasteiger partial charge < -0.3 is 10.1 Å². The molecule has 0 saturated heterocycles. The molecule has 0 bridgehead atoms. The summed E-state index contributed by atoms with van der Waals surface area (Å²) in [4.78, 5) is 13.0. The Labute approximate surface area is 193 Å². The Hall–Kier alpha value is -2.87. The van der Waals surface area contributed by atoms with Gasteiger partial charge in [0.05, 0.1) is 18.0 Å². The van der Waals surface area contributed by atoms with E-state index in [1.54, 1.807) is 60.7 Å². The molecule has 3 aromatic rings. The summed E-state index contributed by atoms with van der Waals surface area (Å²) in [7, 11) is -0.683. The van der Waals surface area contributed by atoms with Crippen molar-refractivity contribution in [2.45, 2.75) is 24.4 Å². The topological polar surface area (TPSA) is 75.7 Å². The second-order valence-electron chi connectivity index (χ2n) is 7.35. The van der Waals surface area contributed by atoms with Gasteiger partial charge in [0.1, 0.15) is 5.75 Å². The van der Waals surface area contributed by atoms with Gasteiger partial charge in [0.2, 0.25) is 10.0 Å². The molecule has 1 N–H and O–H groups in total. The Kier molecular flexibility index (Phi) is 7.56. The molecular weight excluding hydrogens is 448 g/mol. The third-order valence-electron chi connectivity index (χ3n) is 5.10. The number of amides is 1. The van der Waals surface area contributed by atoms with Crippen molar-refractivity contribution in [3.05, 3.63) is 94.5 Å². The number of sulfonamides is 1. The molecule has 0 radical (unpaired) electrons. The lowest BCUT2D eigenvalue weighted by Crippen LogP contribution is -2.28. The monoisotopic (exact) mass is 472 g/mol. The summed E-state index contributed by atoms with van der Waals surface area (Å²) >= 11 is 5.93. The Morgan fingerprint density at radius 1 is 1.06 bits per heavy atom. The van der Waals surface area contributed by atoms with Crippen LogP contribution in [0.3, 0.4) is 0 Å². The second kappa shape index (κ2) is 10.2. The summed E-state index contributed by atoms with van der Waals surface area (Å²) in [5, 5.41) is 3.58. The van der Waals surface area contributed by atoms with Crippen molar-refractivity contribution in [1.29, 1.82) is 0 Å². The van der Waals surface area contributed by atoms with Crippen molar-refractivity contribution in [3.8, 4) is 5.75 Å². The van der Waals surface area contributed by atoms with Crippen LogP contribution in [0.5, 0.6) is 5.75 Å². The number of rotatable bonds is 8. The highest BCUT2D eigenvalue weighted by atomic mass is 35.5. The molecule has 6 nitrogen and oxygen atoms in total. The van der Waals surface area contributed by atoms with E-state index in [1.165, 1.54) is 18.5 Å². The molecular formula is C24H25ClN2O4S. The molecule has 0 aromatic heterocycles. The molecule has 0 heterocycles. The van der Waals surface area contributed by atoms with Crippen molar-refractivity contribution in [3.63, 3.8) is 0 Å². The van der Waals surface area contributed by atoms with Gasteiger partial charge in [-0.1, -0.05) is 41.9 Å². The molecule has 168 valence electrons. The van der Waals surface area contributed by atoms with Crippen molar-refractivity contribution in [1.82, 2.24) is 9.62 Å². The molecule has 0 spiro atoms. The normalized spacial score (nSPS) is 12.4. The predicted molar refractivity (Wildman–Crippen MR) is 125 cm³/mol. The summed E-state index contributed by atoms with van der Waals surface area (Å²) in [6.45, 7) is 1.93. The highest BCUT2D eigenvalue weighted by molar-refractivity contribution is 7.89. The maximum atomic E-state index is 12.9. The lowest BCUT2D eigenvalue weighted by atomic mass is 10.1. The van der Waals surface area contributed by atoms with Gasteiger partial charge in [-0.25, -0.2) is 8.42 Å². The summed E-state index contributed by atoms with van der Waals surface area (Å²) in [5.41, 5.74) is 1.92. The maximum Gasteiger partial charge on any atom is 0.251 e. The number of hydrogen-bond donors (Lipinski definition) is 1. The number of nitrogens with one attached hydrogen (secondary N) is 1. The fraction of sp³-hybridized carbons (Fsp3) is 0.208. The zero-order valence-corrected chi connectivity index (χ0v) is 19.7. The number of methoxy groups -OCH3 is 1. The number of benzene rings is 3. The number of ether oxygens (including phenoxy) is 1. The van der Waals surface area contributed by atoms with Gasteiger partial charge in [0.15, 0.2) is 0 Å². The molecule has 0 unspecified atom stereocenters. The van der Waals surface area contributed by atoms with Crippen LogP contribution in [0.1, 0.15) is 34.5 Å². The fourth-order valence-electron chi connectivity index (χ4n) is 3.26. The van der Waals surface area contributed by atoms with E-state index in [2.05, 4.69) is 5.32 Å². The zero-order chi connectivity index (χ0) is 23.3. The van der Waals surface area contributed by atoms with E-state index in [1.807, 2.05) is 19.1 Å². The van der Waals surface area contributed by atoms with Crippen molar-refractivity contribution >= 4 is 27.5 Å². The molecule has 0 aliphatic carbocycles. The molecule has 0 aliphatic rings. The summed E-state index contributed by atoms with van der Waals surface area (Å²) < 4.78 is 32.4. The van der Waals surface area contributed by atoms with Crippen molar-refractivity contribution in [2.24, 2.45) is 0 Å². The molecule has 0 aliphatic heterocycles. The second-order valence-corrected chi connectivity index (χ2v) is 9.83. The molecule has 3 rings (SSSR count). The minimum absolute atomic E-state index is 0.0499. The third-order valence-corrected chi connectivity index (χ3v) is 7.17. The first-order chi connectivity index (χ1) is 15.2. The molecule has 32 heavy (non-hydrogen) atoms. The molecule has 0 fully saturated rings. The Bertz CT molecular complexity index is 1180. The number of carbonyl (C=O) groups excluding carboxylic acids is 1. The average molecular weight is 473 g/mol. The highest BCUT2D eigenvalue weighted by Gasteiger charge is 2.22. The first kappa shape index (κ1) is 23.8. The fourth-order valence-corrected chi connectivity index (χ4v) is 4.55. The van der Waals surface area contributed by atoms with Crippen molar-refractivity contribution in [2.75, 3.05) is 14.2 Å². The Morgan fingerprint density at radius 3 is 2.34 bits per heavy atom. The van der Waals surface area contributed by atoms with E-state index in [0.29, 0.717) is 21.9 Å². The highest BCUT2D eigenvalue weighted by Crippen LogP contribution is 2.25. The van der Waals surface area contributed by atoms with E-state index in [-0.39, 0.29) is 23.4 Å². The molecule has 1 amide bonds. The van der Waals surface area contributed by atoms with Crippen LogP contribution >= 0.6 is 11.6 Å². The van der Waals surface area contributed by atoms with E-state index in [0.717, 1.165) is 5.56 Å². The SMILES string of the molecule is COc1ccc(C(=O)N[C@H](C)c2ccc(Cl)cc2)cc1CN(C)S(=O)(=O)c1ccccc1. The van der Waals surface area contributed by atoms with Gasteiger partial charge >= 0.3 is 0 Å². The van der Waals surface area contributed by atoms with Crippen LogP contribution in [0.4, 0.5) is 0 Å². The van der Waals surface area contributed by atoms with Crippen LogP contribution in [0.15, 0.2) is 77.7 Å². The zero-order valence-electron chi connectivity index (χ0n) is 18.1. The Morgan fingerprint density at radius 2 is 1.72 bits per heavy atom. The van der Waals surface area contributed by atoms with Gasteiger partial charge in [0, 0.05) is 29.7 Å². The van der Waals surface area contributed by atoms with Gasteiger partial charge in [-0.2, -0.15) is 4.31 Å². The lowest BCUT2D eigenvalue weighted by Gasteiger charge is -2.20. The Balaban J connectivity index is 1.80. The van der Waals surface area contributed by atoms with Gasteiger partial charge in [-0.05, 0) is 55.0 Å². The van der Waals surface area contributed by atoms with Crippen LogP contribution in [0.25, 0.3) is 0 Å². The smallest absolute Gasteiger partial charge is 0.251 e. The van der Waals surface area contributed by atoms with Crippen LogP contribution < -0.4 is 10.1 Å². The summed E-state index contributed by atoms with van der Waals surface area (Å²) in [5.74, 6) is 0.229. The van der Waals surface area contributed by atoms with Crippen LogP contribution in [0.2, 0.25) is 5.02 Å². The van der Waals surface area contributed by atoms with Crippen LogP contribution in [-0.4, -0.2) is 32.8 Å². The summed E-state index contributed by atoms with van der Waals surface area (Å²) in [6.07, 6.45) is 0. The molecule has 8 heteroatoms. The number of carbonyl (C=O) groups is 1. The van der Waals surface area contributed by atoms with Crippen LogP contribution in [-0.2, 0) is 16.6 Å². The standard InChI is InChI=1S/C24H25ClN2O4S/c1-17(18-9-12-21(25)13-10-18)26-24(28)19-11-14-23(31-3)20(15-19)16-27(2)32(29,30)22-7-5-4-6-8-22/h4-15,17H,16H2,1-3H3,(H,26,28)/t17-/m1/s1. The lowest BCUT2D eigenvalue weighted by molar-refractivity contribution is 0.0939. The minimum atomic E-state index is -3.69. The minimum Gasteiger partial charge on any atom is -0.496 e. The maximum absolute atomic E-state index is 12.9. The molecule has 0 saturated carbocycles. The van der Waals surface area contributed by atoms with E-state index >= 15 is 0 Å². The number of hydrogen-bond acceptors (Lipinski definition) is 4. The van der Waals surface area contributed by atoms with Crippen LogP contribution in [0, 0.1) is 0 Å². The number of nitrogens with zero attached hydrogens (tertiary/aromatic N) is 1. The van der Waals surface area contributed by atoms with Crippen molar-refractivity contribution < 1.29 is 17.9 Å². The predicted octanol–water partition coefficient (Wildman–Crippen LogP) is 4.66. The molecule has 1 atom stereocenters. The first-order valence-electron chi connectivity index (χ1n) is 9.97. The van der Waals surface area contributed by atoms with E-state index in [9.17, 15) is 13.2 Å². The summed E-state index contributed by atoms with van der Waals surface area (Å²) in [6, 6.07) is 20.2. The van der Waals surface area contributed by atoms with Gasteiger partial charge in [-0.15, -0.1) is 0 Å². The quantitative estimate of drug-likeness (QED) is 0.517. The van der Waals surface area contributed by atoms with E-state index < -0.39 is 10.0 Å². The third kappa shape index (κ3) is 5.48. The first-order valence-corrected chi connectivity index (χ1v) is 11.8. The number of halogens is 1. The average Bonchev–Trinajstić information content (AvgIpc) is 2.79.